The molecule has 7 nitrogen and oxygen atoms in total. The Hall–Kier alpha value is -2.96. The Bertz CT molecular complexity index is 792. The summed E-state index contributed by atoms with van der Waals surface area (Å²) in [5, 5.41) is 16.5. The number of hydrazone groups is 1. The highest BCUT2D eigenvalue weighted by atomic mass is 16.6. The fraction of sp³-hybridized carbons (Fsp3) is 0.250. The van der Waals surface area contributed by atoms with E-state index in [1.54, 1.807) is 12.1 Å². The summed E-state index contributed by atoms with van der Waals surface area (Å²) in [5.74, 6) is 1.22. The molecule has 7 heteroatoms. The molecule has 1 amide bonds. The van der Waals surface area contributed by atoms with Crippen molar-refractivity contribution in [3.63, 3.8) is 0 Å². The highest BCUT2D eigenvalue weighted by molar-refractivity contribution is 6.01. The molecule has 23 heavy (non-hydrogen) atoms. The van der Waals surface area contributed by atoms with Crippen LogP contribution in [-0.4, -0.2) is 21.6 Å². The molecular weight excluding hydrogens is 298 g/mol. The molecule has 1 atom stereocenters. The van der Waals surface area contributed by atoms with Crippen molar-refractivity contribution >= 4 is 17.3 Å². The van der Waals surface area contributed by atoms with Crippen LogP contribution in [0.4, 0.5) is 5.69 Å². The van der Waals surface area contributed by atoms with E-state index in [2.05, 4.69) is 5.10 Å². The maximum Gasteiger partial charge on any atom is 0.269 e. The summed E-state index contributed by atoms with van der Waals surface area (Å²) in [4.78, 5) is 22.2. The quantitative estimate of drug-likeness (QED) is 0.643. The maximum atomic E-state index is 11.9. The van der Waals surface area contributed by atoms with Crippen molar-refractivity contribution in [3.8, 4) is 0 Å². The summed E-state index contributed by atoms with van der Waals surface area (Å²) in [6.45, 7) is 3.29. The lowest BCUT2D eigenvalue weighted by molar-refractivity contribution is -0.384. The van der Waals surface area contributed by atoms with Gasteiger partial charge in [0, 0.05) is 25.5 Å². The molecule has 0 aliphatic carbocycles. The van der Waals surface area contributed by atoms with Crippen LogP contribution in [0.25, 0.3) is 0 Å². The van der Waals surface area contributed by atoms with Gasteiger partial charge in [0.15, 0.2) is 0 Å². The van der Waals surface area contributed by atoms with Gasteiger partial charge in [0.25, 0.3) is 5.69 Å². The smallest absolute Gasteiger partial charge is 0.269 e. The molecule has 0 radical (unpaired) electrons. The number of benzene rings is 1. The van der Waals surface area contributed by atoms with Gasteiger partial charge in [-0.2, -0.15) is 5.10 Å². The average Bonchev–Trinajstić information content (AvgIpc) is 3.13. The highest BCUT2D eigenvalue weighted by Crippen LogP contribution is 2.33. The van der Waals surface area contributed by atoms with Crippen molar-refractivity contribution in [3.05, 3.63) is 63.6 Å². The number of nitro benzene ring substituents is 1. The van der Waals surface area contributed by atoms with Gasteiger partial charge in [-0.15, -0.1) is 0 Å². The lowest BCUT2D eigenvalue weighted by atomic mass is 10.0. The molecule has 3 rings (SSSR count). The topological polar surface area (TPSA) is 89.0 Å². The van der Waals surface area contributed by atoms with E-state index < -0.39 is 4.92 Å². The van der Waals surface area contributed by atoms with Gasteiger partial charge in [0.2, 0.25) is 5.91 Å². The van der Waals surface area contributed by atoms with Gasteiger partial charge in [0.05, 0.1) is 11.0 Å². The van der Waals surface area contributed by atoms with Crippen LogP contribution in [0.3, 0.4) is 0 Å². The minimum Gasteiger partial charge on any atom is -0.460 e. The first kappa shape index (κ1) is 15.0. The molecule has 1 unspecified atom stereocenters. The van der Waals surface area contributed by atoms with Crippen molar-refractivity contribution < 1.29 is 14.1 Å². The van der Waals surface area contributed by atoms with Crippen LogP contribution >= 0.6 is 0 Å². The Morgan fingerprint density at radius 3 is 2.52 bits per heavy atom. The van der Waals surface area contributed by atoms with E-state index in [0.29, 0.717) is 17.9 Å². The van der Waals surface area contributed by atoms with Gasteiger partial charge in [-0.1, -0.05) is 12.1 Å². The van der Waals surface area contributed by atoms with Gasteiger partial charge in [-0.3, -0.25) is 14.9 Å². The Labute approximate surface area is 132 Å². The molecule has 0 fully saturated rings. The first-order chi connectivity index (χ1) is 11.0. The van der Waals surface area contributed by atoms with Crippen LogP contribution < -0.4 is 0 Å². The highest BCUT2D eigenvalue weighted by Gasteiger charge is 2.32. The molecule has 0 spiro atoms. The first-order valence-electron chi connectivity index (χ1n) is 7.14. The number of furan rings is 1. The fourth-order valence-corrected chi connectivity index (χ4v) is 2.62. The van der Waals surface area contributed by atoms with Crippen molar-refractivity contribution in [1.29, 1.82) is 0 Å². The molecule has 1 aromatic heterocycles. The monoisotopic (exact) mass is 313 g/mol. The normalized spacial score (nSPS) is 17.2. The van der Waals surface area contributed by atoms with Crippen LogP contribution in [0.15, 0.2) is 45.9 Å². The first-order valence-corrected chi connectivity index (χ1v) is 7.14. The van der Waals surface area contributed by atoms with Gasteiger partial charge in [0.1, 0.15) is 17.2 Å². The van der Waals surface area contributed by atoms with Crippen LogP contribution in [0.2, 0.25) is 0 Å². The summed E-state index contributed by atoms with van der Waals surface area (Å²) in [6, 6.07) is 9.56. The van der Waals surface area contributed by atoms with Crippen LogP contribution in [0, 0.1) is 17.0 Å². The zero-order valence-corrected chi connectivity index (χ0v) is 12.7. The Morgan fingerprint density at radius 2 is 2.00 bits per heavy atom. The lowest BCUT2D eigenvalue weighted by Gasteiger charge is -2.20. The van der Waals surface area contributed by atoms with E-state index >= 15 is 0 Å². The standard InChI is InChI=1S/C16H15N3O4/c1-10-3-8-16(23-10)14-9-15(18(17-14)11(2)20)12-4-6-13(7-5-12)19(21)22/h3-8,15H,9H2,1-2H3. The van der Waals surface area contributed by atoms with Crippen molar-refractivity contribution in [2.45, 2.75) is 26.3 Å². The predicted molar refractivity (Wildman–Crippen MR) is 83.0 cm³/mol. The third-order valence-electron chi connectivity index (χ3n) is 3.75. The van der Waals surface area contributed by atoms with Crippen molar-refractivity contribution in [1.82, 2.24) is 5.01 Å². The number of aryl methyl sites for hydroxylation is 1. The molecular formula is C16H15N3O4. The summed E-state index contributed by atoms with van der Waals surface area (Å²) in [5.41, 5.74) is 1.51. The minimum atomic E-state index is -0.450. The second-order valence-corrected chi connectivity index (χ2v) is 5.39. The molecule has 2 heterocycles. The molecule has 2 aromatic rings. The summed E-state index contributed by atoms with van der Waals surface area (Å²) >= 11 is 0. The van der Waals surface area contributed by atoms with Gasteiger partial charge in [-0.05, 0) is 24.6 Å². The Morgan fingerprint density at radius 1 is 1.30 bits per heavy atom. The summed E-state index contributed by atoms with van der Waals surface area (Å²) in [7, 11) is 0. The van der Waals surface area contributed by atoms with E-state index in [0.717, 1.165) is 11.3 Å². The molecule has 0 bridgehead atoms. The number of carbonyl (C=O) groups excluding carboxylic acids is 1. The number of amides is 1. The Balaban J connectivity index is 1.90. The minimum absolute atomic E-state index is 0.0175. The van der Waals surface area contributed by atoms with Crippen LogP contribution in [0.1, 0.15) is 36.5 Å². The fourth-order valence-electron chi connectivity index (χ4n) is 2.62. The number of hydrogen-bond acceptors (Lipinski definition) is 5. The number of nitrogens with zero attached hydrogens (tertiary/aromatic N) is 3. The zero-order valence-electron chi connectivity index (χ0n) is 12.7. The molecule has 1 aromatic carbocycles. The predicted octanol–water partition coefficient (Wildman–Crippen LogP) is 3.19. The number of nitro groups is 1. The van der Waals surface area contributed by atoms with E-state index in [1.165, 1.54) is 24.1 Å². The number of rotatable bonds is 3. The largest absolute Gasteiger partial charge is 0.460 e. The van der Waals surface area contributed by atoms with E-state index in [9.17, 15) is 14.9 Å². The van der Waals surface area contributed by atoms with E-state index in [1.807, 2.05) is 19.1 Å². The summed E-state index contributed by atoms with van der Waals surface area (Å²) in [6.07, 6.45) is 0.504. The molecule has 0 saturated carbocycles. The van der Waals surface area contributed by atoms with Gasteiger partial charge < -0.3 is 4.42 Å². The lowest BCUT2D eigenvalue weighted by Crippen LogP contribution is -2.24. The van der Waals surface area contributed by atoms with E-state index in [-0.39, 0.29) is 17.6 Å². The van der Waals surface area contributed by atoms with Crippen LogP contribution in [-0.2, 0) is 4.79 Å². The molecule has 118 valence electrons. The summed E-state index contributed by atoms with van der Waals surface area (Å²) < 4.78 is 5.57. The van der Waals surface area contributed by atoms with E-state index in [4.69, 9.17) is 4.42 Å². The van der Waals surface area contributed by atoms with Gasteiger partial charge in [-0.25, -0.2) is 5.01 Å². The van der Waals surface area contributed by atoms with Crippen molar-refractivity contribution in [2.24, 2.45) is 5.10 Å². The SMILES string of the molecule is CC(=O)N1N=C(c2ccc(C)o2)CC1c1ccc([N+](=O)[O-])cc1. The average molecular weight is 313 g/mol. The number of carbonyl (C=O) groups is 1. The number of non-ortho nitro benzene ring substituents is 1. The van der Waals surface area contributed by atoms with Crippen LogP contribution in [0.5, 0.6) is 0 Å². The maximum absolute atomic E-state index is 11.9. The molecule has 1 aliphatic heterocycles. The zero-order chi connectivity index (χ0) is 16.6. The third-order valence-corrected chi connectivity index (χ3v) is 3.75. The Kier molecular flexibility index (Phi) is 3.69. The second-order valence-electron chi connectivity index (χ2n) is 5.39. The third kappa shape index (κ3) is 2.85. The molecule has 0 N–H and O–H groups in total. The number of hydrogen-bond donors (Lipinski definition) is 0. The second kappa shape index (κ2) is 5.68. The van der Waals surface area contributed by atoms with Crippen molar-refractivity contribution in [2.75, 3.05) is 0 Å². The molecule has 1 aliphatic rings. The molecule has 0 saturated heterocycles. The van der Waals surface area contributed by atoms with Gasteiger partial charge >= 0.3 is 0 Å².